The summed E-state index contributed by atoms with van der Waals surface area (Å²) in [5.74, 6) is 2.98. The number of rotatable bonds is 11. The molecule has 16 nitrogen and oxygen atoms in total. The average molecular weight is 1010 g/mol. The van der Waals surface area contributed by atoms with Crippen molar-refractivity contribution in [2.45, 2.75) is 96.1 Å². The van der Waals surface area contributed by atoms with Crippen LogP contribution in [0, 0.1) is 23.6 Å². The molecule has 6 aromatic heterocycles. The van der Waals surface area contributed by atoms with E-state index >= 15 is 4.39 Å². The maximum atomic E-state index is 15.5. The number of aryl methyl sites for hydroxylation is 2. The van der Waals surface area contributed by atoms with Crippen LogP contribution in [-0.2, 0) is 27.2 Å². The number of nitrogens with one attached hydrogen (secondary N) is 1. The van der Waals surface area contributed by atoms with E-state index in [0.29, 0.717) is 71.0 Å². The molecule has 386 valence electrons. The zero-order chi connectivity index (χ0) is 51.1. The summed E-state index contributed by atoms with van der Waals surface area (Å²) in [7, 11) is 5.43. The SMILES string of the molecule is CC1CCC(N)CN1C(=O)c1cc(F)c2c(c1)nc(-c1cc3ccc(OC(F)F)nc3n1CC1CC1)n2C.COc1ccc2cc(-c3nc4cc(C(=O)N5CC[C@H]6CCN[C@H]6C5)ccc4n3C)n(CC3CC3)c2n1. The largest absolute Gasteiger partial charge is 0.481 e. The number of pyridine rings is 2. The highest BCUT2D eigenvalue weighted by atomic mass is 19.3. The molecule has 13 rings (SSSR count). The number of benzene rings is 2. The Bertz CT molecular complexity index is 3480. The molecule has 3 N–H and O–H groups in total. The summed E-state index contributed by atoms with van der Waals surface area (Å²) < 4.78 is 59.1. The van der Waals surface area contributed by atoms with E-state index in [-0.39, 0.29) is 40.9 Å². The standard InChI is InChI=1S/C28H32N6O2.C27H29F3N6O2/c1-32-23-7-5-20(28(35)33-12-10-18-9-11-29-22(18)16-33)13-21(23)30-27(32)24-14-19-6-8-25(36-2)31-26(19)34(24)15-17-3-4-17;1-14-3-7-18(31)13-35(14)26(37)17-9-19(28)23-20(10-17)32-25(34(23)2)21-11-16-6-8-22(38-27(29)30)33-24(16)36(21)12-15-4-5-15/h5-8,13-14,17-18,22,29H,3-4,9-12,15-16H2,1-2H3;6,8-11,14-15,18,27H,3-5,7,12-13,31H2,1-2H3/t18-,22+;/m1./s1. The monoisotopic (exact) mass is 1010 g/mol. The van der Waals surface area contributed by atoms with Crippen LogP contribution in [0.3, 0.4) is 0 Å². The lowest BCUT2D eigenvalue weighted by molar-refractivity contribution is -0.0526. The minimum absolute atomic E-state index is 0.0184. The van der Waals surface area contributed by atoms with Crippen molar-refractivity contribution in [1.29, 1.82) is 0 Å². The number of nitrogens with zero attached hydrogens (tertiary/aromatic N) is 10. The number of nitrogens with two attached hydrogens (primary N) is 1. The van der Waals surface area contributed by atoms with Crippen molar-refractivity contribution in [1.82, 2.24) is 53.3 Å². The van der Waals surface area contributed by atoms with E-state index < -0.39 is 12.4 Å². The lowest BCUT2D eigenvalue weighted by atomic mass is 9.92. The van der Waals surface area contributed by atoms with Crippen molar-refractivity contribution in [2.24, 2.45) is 37.6 Å². The predicted molar refractivity (Wildman–Crippen MR) is 276 cm³/mol. The number of ether oxygens (including phenoxy) is 2. The number of likely N-dealkylation sites (tertiary alicyclic amines) is 2. The van der Waals surface area contributed by atoms with Crippen LogP contribution in [0.15, 0.2) is 66.7 Å². The van der Waals surface area contributed by atoms with Crippen molar-refractivity contribution in [3.05, 3.63) is 83.7 Å². The molecule has 19 heteroatoms. The van der Waals surface area contributed by atoms with Gasteiger partial charge >= 0.3 is 6.61 Å². The minimum atomic E-state index is -2.98. The Morgan fingerprint density at radius 1 is 0.730 bits per heavy atom. The first-order chi connectivity index (χ1) is 35.8. The van der Waals surface area contributed by atoms with Gasteiger partial charge in [0.05, 0.1) is 35.0 Å². The lowest BCUT2D eigenvalue weighted by Gasteiger charge is -2.36. The highest BCUT2D eigenvalue weighted by Gasteiger charge is 2.36. The average Bonchev–Trinajstić information content (AvgIpc) is 4.19. The molecule has 8 aromatic rings. The van der Waals surface area contributed by atoms with Crippen molar-refractivity contribution < 1.29 is 32.2 Å². The third-order valence-electron chi connectivity index (χ3n) is 16.0. The number of amides is 2. The van der Waals surface area contributed by atoms with Gasteiger partial charge in [0.25, 0.3) is 11.8 Å². The Morgan fingerprint density at radius 3 is 2.05 bits per heavy atom. The fourth-order valence-corrected chi connectivity index (χ4v) is 11.5. The molecule has 0 spiro atoms. The van der Waals surface area contributed by atoms with Gasteiger partial charge < -0.3 is 48.6 Å². The van der Waals surface area contributed by atoms with Crippen LogP contribution in [0.5, 0.6) is 11.8 Å². The van der Waals surface area contributed by atoms with Crippen molar-refractivity contribution in [3.63, 3.8) is 0 Å². The number of hydrogen-bond acceptors (Lipinski definition) is 10. The van der Waals surface area contributed by atoms with Gasteiger partial charge in [-0.2, -0.15) is 18.7 Å². The number of carbonyl (C=O) groups is 2. The first-order valence-electron chi connectivity index (χ1n) is 26.0. The van der Waals surface area contributed by atoms with E-state index in [9.17, 15) is 18.4 Å². The quantitative estimate of drug-likeness (QED) is 0.128. The predicted octanol–water partition coefficient (Wildman–Crippen LogP) is 8.52. The zero-order valence-corrected chi connectivity index (χ0v) is 42.1. The summed E-state index contributed by atoms with van der Waals surface area (Å²) in [4.78, 5) is 49.3. The molecular formula is C55H61F3N12O4. The van der Waals surface area contributed by atoms with Crippen molar-refractivity contribution >= 4 is 55.9 Å². The molecule has 0 bridgehead atoms. The maximum absolute atomic E-state index is 15.5. The third kappa shape index (κ3) is 9.00. The van der Waals surface area contributed by atoms with Crippen molar-refractivity contribution in [3.8, 4) is 34.8 Å². The van der Waals surface area contributed by atoms with Crippen LogP contribution >= 0.6 is 0 Å². The van der Waals surface area contributed by atoms with Crippen LogP contribution < -0.4 is 20.5 Å². The van der Waals surface area contributed by atoms with E-state index in [4.69, 9.17) is 25.4 Å². The number of piperidine rings is 2. The third-order valence-corrected chi connectivity index (χ3v) is 16.0. The normalized spacial score (nSPS) is 21.0. The number of methoxy groups -OCH3 is 1. The van der Waals surface area contributed by atoms with Gasteiger partial charge in [-0.05, 0) is 137 Å². The lowest BCUT2D eigenvalue weighted by Crippen LogP contribution is -2.50. The number of carbonyl (C=O) groups excluding carboxylic acids is 2. The van der Waals surface area contributed by atoms with Crippen LogP contribution in [0.25, 0.3) is 67.2 Å². The van der Waals surface area contributed by atoms with Crippen LogP contribution in [0.1, 0.15) is 79.0 Å². The molecule has 2 amide bonds. The van der Waals surface area contributed by atoms with Gasteiger partial charge in [0.2, 0.25) is 11.8 Å². The van der Waals surface area contributed by atoms with E-state index in [1.54, 1.807) is 35.8 Å². The Kier molecular flexibility index (Phi) is 12.4. The number of imidazole rings is 2. The molecule has 9 heterocycles. The van der Waals surface area contributed by atoms with Crippen LogP contribution in [0.2, 0.25) is 0 Å². The second-order valence-electron chi connectivity index (χ2n) is 21.2. The first-order valence-corrected chi connectivity index (χ1v) is 26.0. The molecule has 5 fully saturated rings. The topological polar surface area (TPSA) is 168 Å². The van der Waals surface area contributed by atoms with Gasteiger partial charge in [-0.3, -0.25) is 9.59 Å². The summed E-state index contributed by atoms with van der Waals surface area (Å²) in [6.07, 6.45) is 8.60. The smallest absolute Gasteiger partial charge is 0.388 e. The number of hydrogen-bond donors (Lipinski definition) is 2. The second kappa shape index (κ2) is 19.1. The van der Waals surface area contributed by atoms with Crippen molar-refractivity contribution in [2.75, 3.05) is 33.3 Å². The number of aromatic nitrogens is 8. The fraction of sp³-hybridized carbons (Fsp3) is 0.455. The number of fused-ring (bicyclic) bond motifs is 5. The Morgan fingerprint density at radius 2 is 1.38 bits per heavy atom. The van der Waals surface area contributed by atoms with E-state index in [1.807, 2.05) is 46.7 Å². The molecule has 3 aliphatic heterocycles. The molecule has 0 radical (unpaired) electrons. The summed E-state index contributed by atoms with van der Waals surface area (Å²) in [6, 6.07) is 20.3. The molecule has 2 aliphatic carbocycles. The zero-order valence-electron chi connectivity index (χ0n) is 42.1. The molecule has 2 saturated carbocycles. The van der Waals surface area contributed by atoms with Crippen LogP contribution in [0.4, 0.5) is 13.2 Å². The van der Waals surface area contributed by atoms with Gasteiger partial charge in [-0.1, -0.05) is 0 Å². The Hall–Kier alpha value is -6.99. The summed E-state index contributed by atoms with van der Waals surface area (Å²) in [6.45, 7) is 3.69. The second-order valence-corrected chi connectivity index (χ2v) is 21.2. The number of alkyl halides is 2. The molecule has 2 unspecified atom stereocenters. The van der Waals surface area contributed by atoms with E-state index in [0.717, 1.165) is 97.3 Å². The Labute approximate surface area is 425 Å². The Balaban J connectivity index is 0.000000150. The molecule has 2 aromatic carbocycles. The van der Waals surface area contributed by atoms with Gasteiger partial charge in [-0.25, -0.2) is 14.4 Å². The molecule has 4 atom stereocenters. The minimum Gasteiger partial charge on any atom is -0.481 e. The highest BCUT2D eigenvalue weighted by molar-refractivity contribution is 5.99. The molecule has 3 saturated heterocycles. The summed E-state index contributed by atoms with van der Waals surface area (Å²) >= 11 is 0. The summed E-state index contributed by atoms with van der Waals surface area (Å²) in [5, 5.41) is 5.39. The number of halogens is 3. The highest BCUT2D eigenvalue weighted by Crippen LogP contribution is 2.39. The first kappa shape index (κ1) is 48.0. The van der Waals surface area contributed by atoms with Gasteiger partial charge in [0, 0.05) is 99.0 Å². The maximum Gasteiger partial charge on any atom is 0.388 e. The molecule has 5 aliphatic rings. The fourth-order valence-electron chi connectivity index (χ4n) is 11.5. The van der Waals surface area contributed by atoms with Gasteiger partial charge in [0.15, 0.2) is 11.6 Å². The summed E-state index contributed by atoms with van der Waals surface area (Å²) in [5.41, 5.74) is 12.7. The van der Waals surface area contributed by atoms with Gasteiger partial charge in [-0.15, -0.1) is 0 Å². The van der Waals surface area contributed by atoms with E-state index in [1.165, 1.54) is 31.4 Å². The molecular weight excluding hydrogens is 950 g/mol. The van der Waals surface area contributed by atoms with E-state index in [2.05, 4.69) is 43.4 Å². The van der Waals surface area contributed by atoms with Crippen LogP contribution in [-0.4, -0.2) is 118 Å². The molecule has 74 heavy (non-hydrogen) atoms. The van der Waals surface area contributed by atoms with Gasteiger partial charge in [0.1, 0.15) is 22.6 Å².